The third-order valence-electron chi connectivity index (χ3n) is 3.32. The minimum Gasteiger partial charge on any atom is -0.480 e. The number of carboxylic acids is 1. The minimum atomic E-state index is -4.58. The molecule has 0 aliphatic heterocycles. The molecule has 0 fully saturated rings. The van der Waals surface area contributed by atoms with E-state index >= 15 is 0 Å². The lowest BCUT2D eigenvalue weighted by atomic mass is 10.1. The third kappa shape index (κ3) is 6.99. The van der Waals surface area contributed by atoms with E-state index in [1.54, 1.807) is 20.8 Å². The Morgan fingerprint density at radius 3 is 2.12 bits per heavy atom. The van der Waals surface area contributed by atoms with Gasteiger partial charge in [0.2, 0.25) is 6.17 Å². The number of halogens is 4. The maximum absolute atomic E-state index is 14.2. The molecule has 2 N–H and O–H groups in total. The molecule has 0 radical (unpaired) electrons. The van der Waals surface area contributed by atoms with Crippen LogP contribution in [0.4, 0.5) is 17.6 Å². The van der Waals surface area contributed by atoms with Gasteiger partial charge in [-0.1, -0.05) is 12.1 Å². The minimum absolute atomic E-state index is 0.0258. The second kappa shape index (κ2) is 8.48. The molecule has 0 aliphatic carbocycles. The fourth-order valence-corrected chi connectivity index (χ4v) is 1.98. The Kier molecular flexibility index (Phi) is 7.14. The molecular weight excluding hydrogens is 358 g/mol. The van der Waals surface area contributed by atoms with Crippen LogP contribution in [0.25, 0.3) is 0 Å². The summed E-state index contributed by atoms with van der Waals surface area (Å²) in [7, 11) is 0. The Labute approximate surface area is 148 Å². The predicted octanol–water partition coefficient (Wildman–Crippen LogP) is 3.49. The van der Waals surface area contributed by atoms with Crippen LogP contribution in [0.5, 0.6) is 0 Å². The van der Waals surface area contributed by atoms with Gasteiger partial charge in [0.1, 0.15) is 6.04 Å². The maximum Gasteiger partial charge on any atom is 0.416 e. The van der Waals surface area contributed by atoms with Gasteiger partial charge in [-0.3, -0.25) is 4.79 Å². The van der Waals surface area contributed by atoms with Crippen molar-refractivity contribution in [1.82, 2.24) is 5.32 Å². The highest BCUT2D eigenvalue weighted by molar-refractivity contribution is 5.87. The van der Waals surface area contributed by atoms with Crippen LogP contribution in [0.3, 0.4) is 0 Å². The molecule has 2 atom stereocenters. The number of aliphatic carboxylic acids is 1. The van der Waals surface area contributed by atoms with Crippen molar-refractivity contribution >= 4 is 11.9 Å². The number of ether oxygens (including phenoxy) is 1. The van der Waals surface area contributed by atoms with E-state index in [4.69, 9.17) is 9.84 Å². The van der Waals surface area contributed by atoms with Crippen molar-refractivity contribution in [2.45, 2.75) is 51.2 Å². The molecule has 0 bridgehead atoms. The molecule has 1 amide bonds. The molecule has 0 saturated heterocycles. The van der Waals surface area contributed by atoms with E-state index in [2.05, 4.69) is 0 Å². The molecule has 1 aromatic rings. The standard InChI is InChI=1S/C17H21F4NO4/c1-16(2,3)26-9-8-12(15(24)25)22-14(23)13(18)10-4-6-11(7-5-10)17(19,20)21/h4-7,12-13H,8-9H2,1-3H3,(H,22,23)(H,24,25). The summed E-state index contributed by atoms with van der Waals surface area (Å²) in [4.78, 5) is 23.1. The van der Waals surface area contributed by atoms with Crippen LogP contribution in [0.2, 0.25) is 0 Å². The number of nitrogens with one attached hydrogen (secondary N) is 1. The van der Waals surface area contributed by atoms with E-state index in [-0.39, 0.29) is 18.6 Å². The molecule has 5 nitrogen and oxygen atoms in total. The van der Waals surface area contributed by atoms with Crippen molar-refractivity contribution in [1.29, 1.82) is 0 Å². The van der Waals surface area contributed by atoms with Crippen LogP contribution in [0.15, 0.2) is 24.3 Å². The second-order valence-electron chi connectivity index (χ2n) is 6.63. The lowest BCUT2D eigenvalue weighted by molar-refractivity contribution is -0.143. The van der Waals surface area contributed by atoms with Crippen LogP contribution >= 0.6 is 0 Å². The van der Waals surface area contributed by atoms with Gasteiger partial charge < -0.3 is 15.2 Å². The summed E-state index contributed by atoms with van der Waals surface area (Å²) in [6.07, 6.45) is -6.95. The molecular formula is C17H21F4NO4. The van der Waals surface area contributed by atoms with Crippen LogP contribution in [-0.2, 0) is 20.5 Å². The first-order chi connectivity index (χ1) is 11.8. The molecule has 0 spiro atoms. The summed E-state index contributed by atoms with van der Waals surface area (Å²) in [6, 6.07) is 1.61. The molecule has 2 unspecified atom stereocenters. The Morgan fingerprint density at radius 1 is 1.15 bits per heavy atom. The fourth-order valence-electron chi connectivity index (χ4n) is 1.98. The summed E-state index contributed by atoms with van der Waals surface area (Å²) < 4.78 is 57.0. The SMILES string of the molecule is CC(C)(C)OCCC(NC(=O)C(F)c1ccc(C(F)(F)F)cc1)C(=O)O. The molecule has 0 saturated carbocycles. The average Bonchev–Trinajstić information content (AvgIpc) is 2.51. The highest BCUT2D eigenvalue weighted by atomic mass is 19.4. The highest BCUT2D eigenvalue weighted by Crippen LogP contribution is 2.30. The lowest BCUT2D eigenvalue weighted by Crippen LogP contribution is -2.43. The molecule has 0 heterocycles. The number of rotatable bonds is 7. The number of carboxylic acid groups (broad SMARTS) is 1. The topological polar surface area (TPSA) is 75.6 Å². The zero-order chi connectivity index (χ0) is 20.1. The molecule has 146 valence electrons. The number of hydrogen-bond donors (Lipinski definition) is 2. The summed E-state index contributed by atoms with van der Waals surface area (Å²) >= 11 is 0. The average molecular weight is 379 g/mol. The molecule has 9 heteroatoms. The lowest BCUT2D eigenvalue weighted by Gasteiger charge is -2.22. The first-order valence-corrected chi connectivity index (χ1v) is 7.79. The molecule has 0 aromatic heterocycles. The molecule has 1 aromatic carbocycles. The quantitative estimate of drug-likeness (QED) is 0.711. The summed E-state index contributed by atoms with van der Waals surface area (Å²) in [5.74, 6) is -2.61. The van der Waals surface area contributed by atoms with Crippen molar-refractivity contribution in [3.05, 3.63) is 35.4 Å². The van der Waals surface area contributed by atoms with Gasteiger partial charge in [-0.15, -0.1) is 0 Å². The van der Waals surface area contributed by atoms with E-state index in [9.17, 15) is 27.2 Å². The monoisotopic (exact) mass is 379 g/mol. The fraction of sp³-hybridized carbons (Fsp3) is 0.529. The first kappa shape index (κ1) is 21.9. The molecule has 0 aliphatic rings. The van der Waals surface area contributed by atoms with E-state index in [0.717, 1.165) is 12.1 Å². The van der Waals surface area contributed by atoms with Crippen molar-refractivity contribution < 1.29 is 37.0 Å². The molecule has 26 heavy (non-hydrogen) atoms. The number of carbonyl (C=O) groups is 2. The van der Waals surface area contributed by atoms with Crippen LogP contribution in [-0.4, -0.2) is 35.2 Å². The smallest absolute Gasteiger partial charge is 0.416 e. The number of amides is 1. The second-order valence-corrected chi connectivity index (χ2v) is 6.63. The normalized spacial score (nSPS) is 14.6. The number of benzene rings is 1. The van der Waals surface area contributed by atoms with Crippen molar-refractivity contribution in [3.63, 3.8) is 0 Å². The van der Waals surface area contributed by atoms with Gasteiger partial charge in [-0.25, -0.2) is 9.18 Å². The zero-order valence-electron chi connectivity index (χ0n) is 14.6. The van der Waals surface area contributed by atoms with E-state index in [1.165, 1.54) is 0 Å². The van der Waals surface area contributed by atoms with E-state index in [1.807, 2.05) is 5.32 Å². The number of hydrogen-bond acceptors (Lipinski definition) is 3. The van der Waals surface area contributed by atoms with Gasteiger partial charge >= 0.3 is 12.1 Å². The maximum atomic E-state index is 14.2. The van der Waals surface area contributed by atoms with Gasteiger partial charge in [-0.05, 0) is 38.5 Å². The van der Waals surface area contributed by atoms with Crippen molar-refractivity contribution in [2.24, 2.45) is 0 Å². The van der Waals surface area contributed by atoms with E-state index in [0.29, 0.717) is 12.1 Å². The Balaban J connectivity index is 2.72. The van der Waals surface area contributed by atoms with Gasteiger partial charge in [0, 0.05) is 13.0 Å². The largest absolute Gasteiger partial charge is 0.480 e. The summed E-state index contributed by atoms with van der Waals surface area (Å²) in [5, 5.41) is 11.1. The molecule has 1 rings (SSSR count). The van der Waals surface area contributed by atoms with Gasteiger partial charge in [-0.2, -0.15) is 13.2 Å². The van der Waals surface area contributed by atoms with Gasteiger partial charge in [0.05, 0.1) is 11.2 Å². The van der Waals surface area contributed by atoms with E-state index < -0.39 is 41.4 Å². The van der Waals surface area contributed by atoms with Gasteiger partial charge in [0.25, 0.3) is 5.91 Å². The Morgan fingerprint density at radius 2 is 1.69 bits per heavy atom. The van der Waals surface area contributed by atoms with Crippen molar-refractivity contribution in [2.75, 3.05) is 6.61 Å². The number of carbonyl (C=O) groups excluding carboxylic acids is 1. The zero-order valence-corrected chi connectivity index (χ0v) is 14.6. The first-order valence-electron chi connectivity index (χ1n) is 7.79. The van der Waals surface area contributed by atoms with Crippen LogP contribution in [0.1, 0.15) is 44.5 Å². The highest BCUT2D eigenvalue weighted by Gasteiger charge is 2.31. The van der Waals surface area contributed by atoms with Gasteiger partial charge in [0.15, 0.2) is 0 Å². The predicted molar refractivity (Wildman–Crippen MR) is 85.2 cm³/mol. The number of alkyl halides is 4. The Hall–Kier alpha value is -2.16. The summed E-state index contributed by atoms with van der Waals surface area (Å²) in [6.45, 7) is 5.33. The third-order valence-corrected chi connectivity index (χ3v) is 3.32. The van der Waals surface area contributed by atoms with Crippen LogP contribution in [0, 0.1) is 0 Å². The van der Waals surface area contributed by atoms with Crippen molar-refractivity contribution in [3.8, 4) is 0 Å². The summed E-state index contributed by atoms with van der Waals surface area (Å²) in [5.41, 5.74) is -1.78. The Bertz CT molecular complexity index is 623. The van der Waals surface area contributed by atoms with Crippen LogP contribution < -0.4 is 5.32 Å².